The fraction of sp³-hybridized carbons (Fsp3) is 0. The molecule has 0 aliphatic carbocycles. The molecule has 0 fully saturated rings. The van der Waals surface area contributed by atoms with Gasteiger partial charge in [0.15, 0.2) is 6.29 Å². The summed E-state index contributed by atoms with van der Waals surface area (Å²) in [6.45, 7) is 0. The second kappa shape index (κ2) is 4.90. The highest BCUT2D eigenvalue weighted by atomic mass is 79.9. The van der Waals surface area contributed by atoms with E-state index in [-0.39, 0.29) is 0 Å². The molecule has 0 radical (unpaired) electrons. The summed E-state index contributed by atoms with van der Waals surface area (Å²) >= 11 is 9.51. The van der Waals surface area contributed by atoms with Crippen LogP contribution < -0.4 is 5.73 Å². The molecule has 2 aromatic carbocycles. The number of anilines is 1. The molecule has 0 spiro atoms. The summed E-state index contributed by atoms with van der Waals surface area (Å²) in [5.41, 5.74) is 8.46. The number of halogens is 2. The van der Waals surface area contributed by atoms with Crippen LogP contribution in [0.25, 0.3) is 11.1 Å². The maximum Gasteiger partial charge on any atom is 0.150 e. The third-order valence-corrected chi connectivity index (χ3v) is 3.27. The average molecular weight is 311 g/mol. The van der Waals surface area contributed by atoms with Gasteiger partial charge >= 0.3 is 0 Å². The summed E-state index contributed by atoms with van der Waals surface area (Å²) in [6, 6.07) is 10.7. The van der Waals surface area contributed by atoms with E-state index >= 15 is 0 Å². The Labute approximate surface area is 113 Å². The van der Waals surface area contributed by atoms with Crippen LogP contribution in [0.3, 0.4) is 0 Å². The van der Waals surface area contributed by atoms with Crippen molar-refractivity contribution in [2.45, 2.75) is 0 Å². The largest absolute Gasteiger partial charge is 0.398 e. The number of hydrogen-bond donors (Lipinski definition) is 1. The van der Waals surface area contributed by atoms with E-state index in [0.717, 1.165) is 16.3 Å². The van der Waals surface area contributed by atoms with Crippen LogP contribution in [0.5, 0.6) is 0 Å². The topological polar surface area (TPSA) is 43.1 Å². The van der Waals surface area contributed by atoms with Crippen LogP contribution in [-0.2, 0) is 0 Å². The first-order valence-corrected chi connectivity index (χ1v) is 6.09. The number of hydrogen-bond acceptors (Lipinski definition) is 2. The number of nitrogens with two attached hydrogens (primary N) is 1. The van der Waals surface area contributed by atoms with Gasteiger partial charge in [0.2, 0.25) is 0 Å². The Morgan fingerprint density at radius 3 is 2.71 bits per heavy atom. The van der Waals surface area contributed by atoms with Crippen molar-refractivity contribution in [2.75, 3.05) is 5.73 Å². The first-order chi connectivity index (χ1) is 8.13. The number of nitrogen functional groups attached to an aromatic ring is 1. The average Bonchev–Trinajstić information content (AvgIpc) is 2.32. The van der Waals surface area contributed by atoms with Crippen LogP contribution in [0, 0.1) is 0 Å². The van der Waals surface area contributed by atoms with E-state index in [0.29, 0.717) is 21.8 Å². The molecule has 17 heavy (non-hydrogen) atoms. The maximum atomic E-state index is 11.0. The van der Waals surface area contributed by atoms with E-state index in [1.807, 2.05) is 12.1 Å². The molecule has 0 unspecified atom stereocenters. The first kappa shape index (κ1) is 12.1. The summed E-state index contributed by atoms with van der Waals surface area (Å²) < 4.78 is 0.887. The van der Waals surface area contributed by atoms with Crippen molar-refractivity contribution in [3.8, 4) is 11.1 Å². The smallest absolute Gasteiger partial charge is 0.150 e. The first-order valence-electron chi connectivity index (χ1n) is 4.92. The molecule has 2 aromatic rings. The fourth-order valence-electron chi connectivity index (χ4n) is 1.67. The van der Waals surface area contributed by atoms with Gasteiger partial charge in [0.25, 0.3) is 0 Å². The lowest BCUT2D eigenvalue weighted by atomic mass is 9.99. The maximum absolute atomic E-state index is 11.0. The number of benzene rings is 2. The van der Waals surface area contributed by atoms with Crippen molar-refractivity contribution in [1.29, 1.82) is 0 Å². The molecule has 0 heterocycles. The molecule has 0 aliphatic heterocycles. The molecule has 4 heteroatoms. The third-order valence-electron chi connectivity index (χ3n) is 2.46. The highest BCUT2D eigenvalue weighted by molar-refractivity contribution is 9.10. The van der Waals surface area contributed by atoms with Gasteiger partial charge in [0, 0.05) is 31.9 Å². The molecule has 2 nitrogen and oxygen atoms in total. The van der Waals surface area contributed by atoms with Gasteiger partial charge in [-0.3, -0.25) is 4.79 Å². The summed E-state index contributed by atoms with van der Waals surface area (Å²) in [4.78, 5) is 11.0. The van der Waals surface area contributed by atoms with Crippen molar-refractivity contribution in [3.63, 3.8) is 0 Å². The van der Waals surface area contributed by atoms with Crippen LogP contribution >= 0.6 is 27.5 Å². The minimum atomic E-state index is 0.513. The third kappa shape index (κ3) is 2.35. The van der Waals surface area contributed by atoms with Crippen LogP contribution in [0.1, 0.15) is 10.4 Å². The Hall–Kier alpha value is -1.32. The summed E-state index contributed by atoms with van der Waals surface area (Å²) in [6.07, 6.45) is 0.779. The Kier molecular flexibility index (Phi) is 3.50. The van der Waals surface area contributed by atoms with Crippen molar-refractivity contribution in [2.24, 2.45) is 0 Å². The van der Waals surface area contributed by atoms with E-state index in [9.17, 15) is 4.79 Å². The molecule has 0 saturated carbocycles. The summed E-state index contributed by atoms with van der Waals surface area (Å²) in [5.74, 6) is 0. The van der Waals surface area contributed by atoms with Gasteiger partial charge in [-0.15, -0.1) is 0 Å². The SMILES string of the molecule is Nc1ccc(Br)cc1-c1c(Cl)cccc1C=O. The lowest BCUT2D eigenvalue weighted by molar-refractivity contribution is 0.112. The molecule has 2 rings (SSSR count). The van der Waals surface area contributed by atoms with Gasteiger partial charge in [-0.2, -0.15) is 0 Å². The highest BCUT2D eigenvalue weighted by Gasteiger charge is 2.12. The molecule has 86 valence electrons. The highest BCUT2D eigenvalue weighted by Crippen LogP contribution is 2.35. The lowest BCUT2D eigenvalue weighted by Gasteiger charge is -2.10. The van der Waals surface area contributed by atoms with Crippen molar-refractivity contribution in [3.05, 3.63) is 51.5 Å². The van der Waals surface area contributed by atoms with Gasteiger partial charge in [0.05, 0.1) is 0 Å². The molecule has 2 N–H and O–H groups in total. The second-order valence-corrected chi connectivity index (χ2v) is 4.88. The fourth-order valence-corrected chi connectivity index (χ4v) is 2.31. The Morgan fingerprint density at radius 1 is 1.24 bits per heavy atom. The number of rotatable bonds is 2. The van der Waals surface area contributed by atoms with E-state index in [2.05, 4.69) is 15.9 Å². The molecule has 0 atom stereocenters. The van der Waals surface area contributed by atoms with Crippen molar-refractivity contribution < 1.29 is 4.79 Å². The van der Waals surface area contributed by atoms with Gasteiger partial charge in [-0.25, -0.2) is 0 Å². The quantitative estimate of drug-likeness (QED) is 0.668. The molecule has 0 bridgehead atoms. The number of carbonyl (C=O) groups is 1. The number of carbonyl (C=O) groups excluding carboxylic acids is 1. The summed E-state index contributed by atoms with van der Waals surface area (Å²) in [7, 11) is 0. The van der Waals surface area contributed by atoms with Gasteiger partial charge in [-0.05, 0) is 24.3 Å². The molecular formula is C13H9BrClNO. The van der Waals surface area contributed by atoms with Crippen molar-refractivity contribution in [1.82, 2.24) is 0 Å². The standard InChI is InChI=1S/C13H9BrClNO/c14-9-4-5-12(16)10(6-9)13-8(7-17)2-1-3-11(13)15/h1-7H,16H2. The minimum Gasteiger partial charge on any atom is -0.398 e. The monoisotopic (exact) mass is 309 g/mol. The zero-order valence-electron chi connectivity index (χ0n) is 8.78. The lowest BCUT2D eigenvalue weighted by Crippen LogP contribution is -1.94. The van der Waals surface area contributed by atoms with Crippen LogP contribution in [-0.4, -0.2) is 6.29 Å². The number of aldehydes is 1. The summed E-state index contributed by atoms with van der Waals surface area (Å²) in [5, 5.41) is 0.513. The van der Waals surface area contributed by atoms with Crippen LogP contribution in [0.4, 0.5) is 5.69 Å². The molecular weight excluding hydrogens is 302 g/mol. The van der Waals surface area contributed by atoms with Crippen molar-refractivity contribution >= 4 is 39.5 Å². The molecule has 0 amide bonds. The second-order valence-electron chi connectivity index (χ2n) is 3.55. The van der Waals surface area contributed by atoms with E-state index < -0.39 is 0 Å². The predicted molar refractivity (Wildman–Crippen MR) is 74.4 cm³/mol. The zero-order chi connectivity index (χ0) is 12.4. The van der Waals surface area contributed by atoms with E-state index in [4.69, 9.17) is 17.3 Å². The van der Waals surface area contributed by atoms with Gasteiger partial charge < -0.3 is 5.73 Å². The van der Waals surface area contributed by atoms with E-state index in [1.54, 1.807) is 24.3 Å². The molecule has 0 saturated heterocycles. The predicted octanol–water partition coefficient (Wildman–Crippen LogP) is 4.16. The Balaban J connectivity index is 2.75. The van der Waals surface area contributed by atoms with Crippen LogP contribution in [0.2, 0.25) is 5.02 Å². The molecule has 0 aromatic heterocycles. The van der Waals surface area contributed by atoms with Crippen LogP contribution in [0.15, 0.2) is 40.9 Å². The minimum absolute atomic E-state index is 0.513. The molecule has 0 aliphatic rings. The van der Waals surface area contributed by atoms with Gasteiger partial charge in [0.1, 0.15) is 0 Å². The Morgan fingerprint density at radius 2 is 2.00 bits per heavy atom. The van der Waals surface area contributed by atoms with Gasteiger partial charge in [-0.1, -0.05) is 39.7 Å². The Bertz CT molecular complexity index is 584. The normalized spacial score (nSPS) is 10.2. The van der Waals surface area contributed by atoms with E-state index in [1.165, 1.54) is 0 Å². The zero-order valence-corrected chi connectivity index (χ0v) is 11.1.